The molecule has 22 heavy (non-hydrogen) atoms. The number of carbonyl (C=O) groups is 1. The molecule has 1 saturated heterocycles. The molecule has 2 N–H and O–H groups in total. The van der Waals surface area contributed by atoms with Crippen molar-refractivity contribution in [3.63, 3.8) is 0 Å². The first-order chi connectivity index (χ1) is 10.4. The van der Waals surface area contributed by atoms with E-state index in [9.17, 15) is 4.79 Å². The first-order valence-electron chi connectivity index (χ1n) is 7.77. The van der Waals surface area contributed by atoms with Crippen molar-refractivity contribution in [1.82, 2.24) is 10.2 Å². The molecular weight excluding hydrogens is 280 g/mol. The summed E-state index contributed by atoms with van der Waals surface area (Å²) in [7, 11) is 0. The van der Waals surface area contributed by atoms with E-state index in [1.165, 1.54) is 5.56 Å². The molecule has 0 aromatic heterocycles. The van der Waals surface area contributed by atoms with Gasteiger partial charge in [0.2, 0.25) is 0 Å². The lowest BCUT2D eigenvalue weighted by atomic mass is 10.0. The minimum absolute atomic E-state index is 0.0172. The number of nitrogens with one attached hydrogen (secondary N) is 1. The van der Waals surface area contributed by atoms with E-state index in [-0.39, 0.29) is 12.1 Å². The Kier molecular flexibility index (Phi) is 5.42. The van der Waals surface area contributed by atoms with Gasteiger partial charge in [0.1, 0.15) is 12.4 Å². The number of carboxylic acid groups (broad SMARTS) is 1. The summed E-state index contributed by atoms with van der Waals surface area (Å²) in [5.41, 5.74) is 2.24. The van der Waals surface area contributed by atoms with Gasteiger partial charge in [0.15, 0.2) is 0 Å². The molecule has 1 aromatic carbocycles. The third kappa shape index (κ3) is 4.71. The van der Waals surface area contributed by atoms with Crippen molar-refractivity contribution in [2.24, 2.45) is 0 Å². The Morgan fingerprint density at radius 1 is 1.45 bits per heavy atom. The highest BCUT2D eigenvalue weighted by molar-refractivity contribution is 5.69. The van der Waals surface area contributed by atoms with Crippen LogP contribution in [0, 0.1) is 13.8 Å². The summed E-state index contributed by atoms with van der Waals surface area (Å²) in [4.78, 5) is 13.0. The third-order valence-corrected chi connectivity index (χ3v) is 4.23. The Bertz CT molecular complexity index is 533. The lowest BCUT2D eigenvalue weighted by molar-refractivity contribution is -0.136. The first-order valence-corrected chi connectivity index (χ1v) is 7.77. The number of rotatable bonds is 7. The largest absolute Gasteiger partial charge is 0.492 e. The molecule has 0 spiro atoms. The highest BCUT2D eigenvalue weighted by Crippen LogP contribution is 2.21. The Morgan fingerprint density at radius 2 is 2.23 bits per heavy atom. The smallest absolute Gasteiger partial charge is 0.317 e. The van der Waals surface area contributed by atoms with E-state index < -0.39 is 5.97 Å². The van der Waals surface area contributed by atoms with Crippen LogP contribution in [0.4, 0.5) is 0 Å². The molecule has 1 fully saturated rings. The topological polar surface area (TPSA) is 61.8 Å². The molecule has 1 aliphatic heterocycles. The average molecular weight is 306 g/mol. The van der Waals surface area contributed by atoms with Crippen LogP contribution in [0.3, 0.4) is 0 Å². The maximum absolute atomic E-state index is 10.7. The number of likely N-dealkylation sites (tertiary alicyclic amines) is 1. The maximum atomic E-state index is 10.7. The van der Waals surface area contributed by atoms with Crippen molar-refractivity contribution in [3.8, 4) is 5.75 Å². The summed E-state index contributed by atoms with van der Waals surface area (Å²) in [5.74, 6) is 0.142. The Morgan fingerprint density at radius 3 is 2.95 bits per heavy atom. The van der Waals surface area contributed by atoms with E-state index in [2.05, 4.69) is 49.2 Å². The number of benzene rings is 1. The maximum Gasteiger partial charge on any atom is 0.317 e. The molecule has 0 radical (unpaired) electrons. The molecule has 1 aliphatic rings. The van der Waals surface area contributed by atoms with Crippen LogP contribution in [0.5, 0.6) is 5.75 Å². The summed E-state index contributed by atoms with van der Waals surface area (Å²) in [6.07, 6.45) is 0.962. The van der Waals surface area contributed by atoms with Gasteiger partial charge in [-0.1, -0.05) is 12.1 Å². The summed E-state index contributed by atoms with van der Waals surface area (Å²) >= 11 is 0. The number of nitrogens with zero attached hydrogens (tertiary/aromatic N) is 1. The van der Waals surface area contributed by atoms with E-state index in [0.717, 1.165) is 37.4 Å². The number of aliphatic carboxylic acids is 1. The zero-order chi connectivity index (χ0) is 16.2. The van der Waals surface area contributed by atoms with Crippen molar-refractivity contribution in [3.05, 3.63) is 29.3 Å². The lowest BCUT2D eigenvalue weighted by Gasteiger charge is -2.25. The molecule has 122 valence electrons. The minimum Gasteiger partial charge on any atom is -0.492 e. The third-order valence-electron chi connectivity index (χ3n) is 4.23. The zero-order valence-electron chi connectivity index (χ0n) is 13.7. The number of ether oxygens (including phenoxy) is 1. The summed E-state index contributed by atoms with van der Waals surface area (Å²) < 4.78 is 5.89. The van der Waals surface area contributed by atoms with E-state index in [4.69, 9.17) is 9.84 Å². The zero-order valence-corrected chi connectivity index (χ0v) is 13.7. The van der Waals surface area contributed by atoms with E-state index in [1.807, 2.05) is 0 Å². The fraction of sp³-hybridized carbons (Fsp3) is 0.588. The number of carboxylic acids is 1. The summed E-state index contributed by atoms with van der Waals surface area (Å²) in [6, 6.07) is 6.23. The van der Waals surface area contributed by atoms with Crippen molar-refractivity contribution >= 4 is 5.97 Å². The molecule has 5 heteroatoms. The van der Waals surface area contributed by atoms with Crippen LogP contribution in [-0.4, -0.2) is 54.3 Å². The van der Waals surface area contributed by atoms with Crippen LogP contribution in [0.1, 0.15) is 24.5 Å². The molecule has 1 atom stereocenters. The van der Waals surface area contributed by atoms with Gasteiger partial charge in [-0.15, -0.1) is 0 Å². The summed E-state index contributed by atoms with van der Waals surface area (Å²) in [6.45, 7) is 9.56. The van der Waals surface area contributed by atoms with Gasteiger partial charge < -0.3 is 15.2 Å². The Hall–Kier alpha value is -1.59. The Labute approximate surface area is 132 Å². The molecule has 5 nitrogen and oxygen atoms in total. The van der Waals surface area contributed by atoms with Gasteiger partial charge >= 0.3 is 5.97 Å². The quantitative estimate of drug-likeness (QED) is 0.804. The molecule has 1 aromatic rings. The number of aryl methyl sites for hydroxylation is 2. The van der Waals surface area contributed by atoms with Gasteiger partial charge in [-0.25, -0.2) is 0 Å². The van der Waals surface area contributed by atoms with Crippen molar-refractivity contribution in [1.29, 1.82) is 0 Å². The highest BCUT2D eigenvalue weighted by atomic mass is 16.5. The van der Waals surface area contributed by atoms with Crippen molar-refractivity contribution < 1.29 is 14.6 Å². The number of hydrogen-bond acceptors (Lipinski definition) is 4. The van der Waals surface area contributed by atoms with Gasteiger partial charge in [-0.2, -0.15) is 0 Å². The van der Waals surface area contributed by atoms with Crippen molar-refractivity contribution in [2.75, 3.05) is 32.8 Å². The van der Waals surface area contributed by atoms with Crippen LogP contribution in [0.2, 0.25) is 0 Å². The van der Waals surface area contributed by atoms with Crippen LogP contribution >= 0.6 is 0 Å². The molecule has 0 amide bonds. The standard InChI is InChI=1S/C17H26N2O3/c1-13-4-5-14(2)15(10-13)22-9-8-19-7-6-17(3,12-19)18-11-16(20)21/h4-5,10,18H,6-9,11-12H2,1-3H3,(H,20,21)/t17-/m1/s1. The van der Waals surface area contributed by atoms with Crippen LogP contribution in [0.15, 0.2) is 18.2 Å². The minimum atomic E-state index is -0.807. The van der Waals surface area contributed by atoms with Crippen molar-refractivity contribution in [2.45, 2.75) is 32.7 Å². The second-order valence-corrected chi connectivity index (χ2v) is 6.45. The van der Waals surface area contributed by atoms with Crippen LogP contribution in [-0.2, 0) is 4.79 Å². The van der Waals surface area contributed by atoms with E-state index >= 15 is 0 Å². The normalized spacial score (nSPS) is 22.0. The molecule has 2 rings (SSSR count). The molecule has 0 aliphatic carbocycles. The predicted molar refractivity (Wildman–Crippen MR) is 86.5 cm³/mol. The second-order valence-electron chi connectivity index (χ2n) is 6.45. The highest BCUT2D eigenvalue weighted by Gasteiger charge is 2.33. The van der Waals surface area contributed by atoms with Gasteiger partial charge in [0, 0.05) is 25.2 Å². The average Bonchev–Trinajstić information content (AvgIpc) is 2.83. The Balaban J connectivity index is 1.76. The number of hydrogen-bond donors (Lipinski definition) is 2. The van der Waals surface area contributed by atoms with Gasteiger partial charge in [0.25, 0.3) is 0 Å². The fourth-order valence-corrected chi connectivity index (χ4v) is 2.83. The van der Waals surface area contributed by atoms with Crippen LogP contribution in [0.25, 0.3) is 0 Å². The van der Waals surface area contributed by atoms with Gasteiger partial charge in [0.05, 0.1) is 6.54 Å². The van der Waals surface area contributed by atoms with E-state index in [0.29, 0.717) is 6.61 Å². The molecular formula is C17H26N2O3. The summed E-state index contributed by atoms with van der Waals surface area (Å²) in [5, 5.41) is 11.9. The van der Waals surface area contributed by atoms with E-state index in [1.54, 1.807) is 0 Å². The first kappa shape index (κ1) is 16.8. The lowest BCUT2D eigenvalue weighted by Crippen LogP contribution is -2.47. The fourth-order valence-electron chi connectivity index (χ4n) is 2.83. The predicted octanol–water partition coefficient (Wildman–Crippen LogP) is 1.82. The van der Waals surface area contributed by atoms with Crippen LogP contribution < -0.4 is 10.1 Å². The molecule has 1 heterocycles. The van der Waals surface area contributed by atoms with Gasteiger partial charge in [-0.05, 0) is 44.4 Å². The van der Waals surface area contributed by atoms with Gasteiger partial charge in [-0.3, -0.25) is 9.69 Å². The SMILES string of the molecule is Cc1ccc(C)c(OCCN2CC[C@@](C)(NCC(=O)O)C2)c1. The molecule has 0 unspecified atom stereocenters. The molecule has 0 saturated carbocycles. The second kappa shape index (κ2) is 7.11. The monoisotopic (exact) mass is 306 g/mol. The molecule has 0 bridgehead atoms.